The SMILES string of the molecule is C=CCOC(=O)C1=C(C)N=C2SC=C(CC(=O)N3CCN(C(C)=O)CC3)N2[C@@H]1c1ccccc1. The van der Waals surface area contributed by atoms with Crippen LogP contribution in [0.4, 0.5) is 0 Å². The number of rotatable bonds is 6. The predicted molar refractivity (Wildman–Crippen MR) is 131 cm³/mol. The maximum absolute atomic E-state index is 13.2. The summed E-state index contributed by atoms with van der Waals surface area (Å²) in [6.45, 7) is 9.20. The van der Waals surface area contributed by atoms with E-state index in [0.29, 0.717) is 37.4 Å². The van der Waals surface area contributed by atoms with Crippen molar-refractivity contribution in [1.29, 1.82) is 0 Å². The largest absolute Gasteiger partial charge is 0.458 e. The van der Waals surface area contributed by atoms with Gasteiger partial charge in [-0.25, -0.2) is 9.79 Å². The molecule has 0 aliphatic carbocycles. The van der Waals surface area contributed by atoms with E-state index in [4.69, 9.17) is 4.74 Å². The molecule has 0 unspecified atom stereocenters. The molecule has 0 radical (unpaired) electrons. The Morgan fingerprint density at radius 2 is 1.82 bits per heavy atom. The van der Waals surface area contributed by atoms with Crippen LogP contribution in [0.25, 0.3) is 0 Å². The van der Waals surface area contributed by atoms with Crippen LogP contribution >= 0.6 is 11.8 Å². The molecule has 9 heteroatoms. The van der Waals surface area contributed by atoms with Crippen molar-refractivity contribution in [2.45, 2.75) is 26.3 Å². The Labute approximate surface area is 203 Å². The van der Waals surface area contributed by atoms with Gasteiger partial charge in [0.1, 0.15) is 6.61 Å². The van der Waals surface area contributed by atoms with Crippen molar-refractivity contribution < 1.29 is 19.1 Å². The molecule has 1 aromatic rings. The number of nitrogens with zero attached hydrogens (tertiary/aromatic N) is 4. The van der Waals surface area contributed by atoms with E-state index in [1.807, 2.05) is 47.6 Å². The Kier molecular flexibility index (Phi) is 7.21. The van der Waals surface area contributed by atoms with Gasteiger partial charge in [-0.2, -0.15) is 0 Å². The molecule has 8 nitrogen and oxygen atoms in total. The number of esters is 1. The number of piperazine rings is 1. The fraction of sp³-hybridized carbons (Fsp3) is 0.360. The van der Waals surface area contributed by atoms with Gasteiger partial charge in [-0.05, 0) is 17.9 Å². The van der Waals surface area contributed by atoms with Crippen molar-refractivity contribution in [1.82, 2.24) is 14.7 Å². The van der Waals surface area contributed by atoms with Crippen LogP contribution in [-0.4, -0.2) is 70.4 Å². The lowest BCUT2D eigenvalue weighted by molar-refractivity contribution is -0.138. The zero-order valence-electron chi connectivity index (χ0n) is 19.4. The van der Waals surface area contributed by atoms with Gasteiger partial charge in [0, 0.05) is 38.8 Å². The topological polar surface area (TPSA) is 82.5 Å². The molecule has 3 aliphatic rings. The van der Waals surface area contributed by atoms with Gasteiger partial charge in [-0.3, -0.25) is 9.59 Å². The number of thioether (sulfide) groups is 1. The Bertz CT molecular complexity index is 1090. The average Bonchev–Trinajstić information content (AvgIpc) is 3.23. The summed E-state index contributed by atoms with van der Waals surface area (Å²) in [6, 6.07) is 9.25. The van der Waals surface area contributed by atoms with E-state index in [0.717, 1.165) is 16.4 Å². The lowest BCUT2D eigenvalue weighted by atomic mass is 9.94. The van der Waals surface area contributed by atoms with Crippen LogP contribution in [0.1, 0.15) is 31.9 Å². The third kappa shape index (κ3) is 4.79. The standard InChI is InChI=1S/C25H28N4O4S/c1-4-14-33-24(32)22-17(2)26-25-29(23(22)19-8-6-5-7-9-19)20(16-34-25)15-21(31)28-12-10-27(11-13-28)18(3)30/h4-9,16,23H,1,10-15H2,2-3H3/t23-/m1/s1. The lowest BCUT2D eigenvalue weighted by Gasteiger charge is -2.37. The average molecular weight is 481 g/mol. The number of amides is 2. The van der Waals surface area contributed by atoms with Gasteiger partial charge in [0.25, 0.3) is 0 Å². The summed E-state index contributed by atoms with van der Waals surface area (Å²) in [4.78, 5) is 48.0. The first-order chi connectivity index (χ1) is 16.4. The van der Waals surface area contributed by atoms with Gasteiger partial charge in [0.15, 0.2) is 5.17 Å². The molecular weight excluding hydrogens is 452 g/mol. The van der Waals surface area contributed by atoms with Gasteiger partial charge in [0.05, 0.1) is 23.7 Å². The van der Waals surface area contributed by atoms with Crippen LogP contribution in [0.2, 0.25) is 0 Å². The molecule has 3 aliphatic heterocycles. The zero-order valence-corrected chi connectivity index (χ0v) is 20.2. The molecule has 0 saturated carbocycles. The second kappa shape index (κ2) is 10.3. The van der Waals surface area contributed by atoms with E-state index in [9.17, 15) is 14.4 Å². The number of carbonyl (C=O) groups is 3. The molecular formula is C25H28N4O4S. The molecule has 0 spiro atoms. The molecule has 1 fully saturated rings. The molecule has 0 N–H and O–H groups in total. The molecule has 1 aromatic carbocycles. The Morgan fingerprint density at radius 3 is 2.47 bits per heavy atom. The molecule has 0 aromatic heterocycles. The summed E-state index contributed by atoms with van der Waals surface area (Å²) < 4.78 is 5.40. The number of ether oxygens (including phenoxy) is 1. The maximum atomic E-state index is 13.2. The van der Waals surface area contributed by atoms with Crippen LogP contribution in [-0.2, 0) is 19.1 Å². The van der Waals surface area contributed by atoms with E-state index in [1.165, 1.54) is 17.8 Å². The highest BCUT2D eigenvalue weighted by Gasteiger charge is 2.41. The first-order valence-corrected chi connectivity index (χ1v) is 12.1. The predicted octanol–water partition coefficient (Wildman–Crippen LogP) is 3.07. The van der Waals surface area contributed by atoms with Crippen molar-refractivity contribution in [3.05, 3.63) is 70.9 Å². The molecule has 34 heavy (non-hydrogen) atoms. The van der Waals surface area contributed by atoms with Crippen LogP contribution < -0.4 is 0 Å². The van der Waals surface area contributed by atoms with Gasteiger partial charge in [-0.1, -0.05) is 54.7 Å². The van der Waals surface area contributed by atoms with Crippen molar-refractivity contribution in [2.24, 2.45) is 4.99 Å². The Hall–Kier alpha value is -3.33. The van der Waals surface area contributed by atoms with E-state index in [1.54, 1.807) is 16.7 Å². The quantitative estimate of drug-likeness (QED) is 0.460. The number of fused-ring (bicyclic) bond motifs is 1. The molecule has 4 rings (SSSR count). The number of benzene rings is 1. The fourth-order valence-corrected chi connectivity index (χ4v) is 5.30. The van der Waals surface area contributed by atoms with Gasteiger partial charge < -0.3 is 19.4 Å². The van der Waals surface area contributed by atoms with Crippen LogP contribution in [0.3, 0.4) is 0 Å². The highest BCUT2D eigenvalue weighted by Crippen LogP contribution is 2.44. The molecule has 1 saturated heterocycles. The second-order valence-corrected chi connectivity index (χ2v) is 9.09. The van der Waals surface area contributed by atoms with Gasteiger partial charge in [-0.15, -0.1) is 0 Å². The van der Waals surface area contributed by atoms with E-state index < -0.39 is 12.0 Å². The van der Waals surface area contributed by atoms with Crippen molar-refractivity contribution in [2.75, 3.05) is 32.8 Å². The number of carbonyl (C=O) groups excluding carboxylic acids is 3. The van der Waals surface area contributed by atoms with Gasteiger partial charge in [0.2, 0.25) is 11.8 Å². The normalized spacial score (nSPS) is 19.9. The summed E-state index contributed by atoms with van der Waals surface area (Å²) in [6.07, 6.45) is 1.72. The molecule has 1 atom stereocenters. The number of aliphatic imine (C=N–C) groups is 1. The smallest absolute Gasteiger partial charge is 0.338 e. The number of hydrogen-bond acceptors (Lipinski definition) is 7. The third-order valence-electron chi connectivity index (χ3n) is 6.08. The number of allylic oxidation sites excluding steroid dienone is 1. The zero-order chi connectivity index (χ0) is 24.2. The fourth-order valence-electron chi connectivity index (χ4n) is 4.33. The Morgan fingerprint density at radius 1 is 1.15 bits per heavy atom. The lowest BCUT2D eigenvalue weighted by Crippen LogP contribution is -2.50. The summed E-state index contributed by atoms with van der Waals surface area (Å²) in [7, 11) is 0. The minimum absolute atomic E-state index is 0.00910. The van der Waals surface area contributed by atoms with E-state index in [-0.39, 0.29) is 24.8 Å². The molecule has 2 amide bonds. The number of amidine groups is 1. The van der Waals surface area contributed by atoms with E-state index in [2.05, 4.69) is 11.6 Å². The summed E-state index contributed by atoms with van der Waals surface area (Å²) in [5.74, 6) is -0.429. The maximum Gasteiger partial charge on any atom is 0.338 e. The van der Waals surface area contributed by atoms with Crippen LogP contribution in [0.15, 0.2) is 70.4 Å². The van der Waals surface area contributed by atoms with Crippen molar-refractivity contribution in [3.8, 4) is 0 Å². The first kappa shape index (κ1) is 23.8. The third-order valence-corrected chi connectivity index (χ3v) is 6.97. The molecule has 178 valence electrons. The highest BCUT2D eigenvalue weighted by atomic mass is 32.2. The number of hydrogen-bond donors (Lipinski definition) is 0. The first-order valence-electron chi connectivity index (χ1n) is 11.2. The van der Waals surface area contributed by atoms with Crippen molar-refractivity contribution >= 4 is 34.7 Å². The highest BCUT2D eigenvalue weighted by molar-refractivity contribution is 8.16. The van der Waals surface area contributed by atoms with Crippen molar-refractivity contribution in [3.63, 3.8) is 0 Å². The Balaban J connectivity index is 1.59. The van der Waals surface area contributed by atoms with Crippen LogP contribution in [0, 0.1) is 0 Å². The second-order valence-electron chi connectivity index (χ2n) is 8.25. The molecule has 0 bridgehead atoms. The summed E-state index contributed by atoms with van der Waals surface area (Å²) in [5, 5.41) is 2.67. The minimum atomic E-state index is -0.449. The summed E-state index contributed by atoms with van der Waals surface area (Å²) >= 11 is 1.45. The van der Waals surface area contributed by atoms with E-state index >= 15 is 0 Å². The van der Waals surface area contributed by atoms with Gasteiger partial charge >= 0.3 is 5.97 Å². The summed E-state index contributed by atoms with van der Waals surface area (Å²) in [5.41, 5.74) is 2.75. The van der Waals surface area contributed by atoms with Crippen LogP contribution in [0.5, 0.6) is 0 Å². The monoisotopic (exact) mass is 480 g/mol. The molecule has 3 heterocycles. The minimum Gasteiger partial charge on any atom is -0.458 e.